The molecule has 0 unspecified atom stereocenters. The smallest absolute Gasteiger partial charge is 0.166 e. The van der Waals surface area contributed by atoms with Crippen LogP contribution >= 0.6 is 0 Å². The molecular weight excluding hydrogens is 618 g/mol. The van der Waals surface area contributed by atoms with E-state index >= 15 is 0 Å². The minimum atomic E-state index is -4.49. The molecule has 0 N–H and O–H groups in total. The highest BCUT2D eigenvalue weighted by molar-refractivity contribution is 6.26. The fourth-order valence-electron chi connectivity index (χ4n) is 6.90. The minimum absolute atomic E-state index is 0.592. The predicted molar refractivity (Wildman–Crippen MR) is 183 cm³/mol. The fourth-order valence-corrected chi connectivity index (χ4v) is 6.90. The van der Waals surface area contributed by atoms with Crippen molar-refractivity contribution in [1.82, 2.24) is 0 Å². The molecule has 0 heterocycles. The van der Waals surface area contributed by atoms with E-state index in [1.165, 1.54) is 24.3 Å². The van der Waals surface area contributed by atoms with Crippen molar-refractivity contribution in [2.24, 2.45) is 0 Å². The molecule has 0 nitrogen and oxygen atoms in total. The van der Waals surface area contributed by atoms with Gasteiger partial charge in [0.25, 0.3) is 0 Å². The van der Waals surface area contributed by atoms with Gasteiger partial charge >= 0.3 is 12.4 Å². The van der Waals surface area contributed by atoms with E-state index < -0.39 is 23.5 Å². The average Bonchev–Trinajstić information content (AvgIpc) is 3.09. The third-order valence-electron chi connectivity index (χ3n) is 9.11. The maximum absolute atomic E-state index is 13.6. The molecule has 0 saturated carbocycles. The number of hydrogen-bond donors (Lipinski definition) is 0. The summed E-state index contributed by atoms with van der Waals surface area (Å²) in [7, 11) is 0. The van der Waals surface area contributed by atoms with Crippen molar-refractivity contribution in [3.05, 3.63) is 157 Å². The monoisotopic (exact) mass is 642 g/mol. The number of hydrogen-bond acceptors (Lipinski definition) is 0. The summed E-state index contributed by atoms with van der Waals surface area (Å²) in [6.07, 6.45) is -8.95. The highest BCUT2D eigenvalue weighted by Crippen LogP contribution is 2.47. The predicted octanol–water partition coefficient (Wildman–Crippen LogP) is 13.3. The summed E-state index contributed by atoms with van der Waals surface area (Å²) >= 11 is 0. The van der Waals surface area contributed by atoms with Crippen LogP contribution in [0, 0.1) is 0 Å². The summed E-state index contributed by atoms with van der Waals surface area (Å²) in [4.78, 5) is 0. The highest BCUT2D eigenvalue weighted by atomic mass is 19.4. The molecular formula is C42H24F6. The van der Waals surface area contributed by atoms with Crippen LogP contribution in [0.25, 0.3) is 76.5 Å². The van der Waals surface area contributed by atoms with Crippen molar-refractivity contribution in [3.63, 3.8) is 0 Å². The van der Waals surface area contributed by atoms with Gasteiger partial charge in [-0.2, -0.15) is 26.3 Å². The summed E-state index contributed by atoms with van der Waals surface area (Å²) in [5.41, 5.74) is 3.12. The van der Waals surface area contributed by atoms with Crippen LogP contribution in [0.1, 0.15) is 11.1 Å². The first-order valence-corrected chi connectivity index (χ1v) is 15.3. The third-order valence-corrected chi connectivity index (χ3v) is 9.11. The Kier molecular flexibility index (Phi) is 6.81. The van der Waals surface area contributed by atoms with Gasteiger partial charge in [-0.25, -0.2) is 0 Å². The van der Waals surface area contributed by atoms with Crippen molar-refractivity contribution in [2.45, 2.75) is 12.4 Å². The Labute approximate surface area is 271 Å². The Balaban J connectivity index is 1.48. The van der Waals surface area contributed by atoms with Gasteiger partial charge in [0.2, 0.25) is 0 Å². The quantitative estimate of drug-likeness (QED) is 0.102. The van der Waals surface area contributed by atoms with E-state index in [-0.39, 0.29) is 0 Å². The molecule has 8 aromatic rings. The van der Waals surface area contributed by atoms with Crippen LogP contribution in [-0.4, -0.2) is 0 Å². The number of alkyl halides is 6. The van der Waals surface area contributed by atoms with Gasteiger partial charge in [0.1, 0.15) is 0 Å². The molecule has 6 heteroatoms. The summed E-state index contributed by atoms with van der Waals surface area (Å²) in [5, 5.41) is 7.77. The second kappa shape index (κ2) is 11.0. The Morgan fingerprint density at radius 2 is 0.771 bits per heavy atom. The van der Waals surface area contributed by atoms with Crippen LogP contribution in [0.5, 0.6) is 0 Å². The molecule has 234 valence electrons. The molecule has 0 atom stereocenters. The van der Waals surface area contributed by atoms with Crippen LogP contribution in [0.2, 0.25) is 0 Å². The molecule has 48 heavy (non-hydrogen) atoms. The fraction of sp³-hybridized carbons (Fsp3) is 0.0476. The summed E-state index contributed by atoms with van der Waals surface area (Å²) in [5.74, 6) is 0. The molecule has 0 fully saturated rings. The van der Waals surface area contributed by atoms with Crippen LogP contribution in [-0.2, 0) is 12.4 Å². The highest BCUT2D eigenvalue weighted by Gasteiger charge is 2.31. The summed E-state index contributed by atoms with van der Waals surface area (Å²) in [6.45, 7) is 0. The molecule has 0 aliphatic heterocycles. The van der Waals surface area contributed by atoms with E-state index in [4.69, 9.17) is 0 Å². The van der Waals surface area contributed by atoms with Gasteiger partial charge in [-0.1, -0.05) is 109 Å². The van der Waals surface area contributed by atoms with Gasteiger partial charge in [0, 0.05) is 0 Å². The zero-order valence-corrected chi connectivity index (χ0v) is 25.1. The number of fused-ring (bicyclic) bond motifs is 5. The topological polar surface area (TPSA) is 0 Å². The van der Waals surface area contributed by atoms with E-state index in [1.54, 1.807) is 0 Å². The summed E-state index contributed by atoms with van der Waals surface area (Å²) < 4.78 is 80.8. The molecule has 0 aromatic heterocycles. The molecule has 0 bridgehead atoms. The number of benzene rings is 8. The number of rotatable bonds is 3. The van der Waals surface area contributed by atoms with Gasteiger partial charge in [0.05, 0.1) is 11.1 Å². The van der Waals surface area contributed by atoms with Gasteiger partial charge in [-0.05, 0) is 113 Å². The van der Waals surface area contributed by atoms with E-state index in [2.05, 4.69) is 30.3 Å². The van der Waals surface area contributed by atoms with Gasteiger partial charge < -0.3 is 0 Å². The van der Waals surface area contributed by atoms with Crippen LogP contribution in [0.15, 0.2) is 146 Å². The lowest BCUT2D eigenvalue weighted by Crippen LogP contribution is -2.04. The Hall–Kier alpha value is -5.62. The Bertz CT molecular complexity index is 2500. The lowest BCUT2D eigenvalue weighted by Gasteiger charge is -2.20. The van der Waals surface area contributed by atoms with E-state index in [9.17, 15) is 26.3 Å². The third kappa shape index (κ3) is 4.96. The SMILES string of the molecule is FC(F)(F)c1ccc(-c2ccc3c(-c4cc5ccccc5c5ccccc45)c4ccccc4c(-c4ccc(C(F)(F)F)cc4)c3c2)cc1. The van der Waals surface area contributed by atoms with Crippen molar-refractivity contribution >= 4 is 43.1 Å². The normalized spacial score (nSPS) is 12.4. The zero-order chi connectivity index (χ0) is 33.2. The molecule has 0 radical (unpaired) electrons. The van der Waals surface area contributed by atoms with Crippen molar-refractivity contribution in [3.8, 4) is 33.4 Å². The Morgan fingerprint density at radius 1 is 0.312 bits per heavy atom. The zero-order valence-electron chi connectivity index (χ0n) is 25.1. The van der Waals surface area contributed by atoms with Crippen molar-refractivity contribution < 1.29 is 26.3 Å². The van der Waals surface area contributed by atoms with Crippen LogP contribution in [0.4, 0.5) is 26.3 Å². The lowest BCUT2D eigenvalue weighted by atomic mass is 9.83. The molecule has 0 aliphatic carbocycles. The standard InChI is InChI=1S/C42H24F6/c43-41(44,45)29-18-13-25(14-19-29)27-17-22-36-38(23-27)39(26-15-20-30(21-16-26)42(46,47)48)34-11-5-6-12-35(34)40(36)37-24-28-7-1-2-8-31(28)32-9-3-4-10-33(32)37/h1-24H. The number of halogens is 6. The molecule has 0 amide bonds. The first-order valence-electron chi connectivity index (χ1n) is 15.3. The van der Waals surface area contributed by atoms with Crippen molar-refractivity contribution in [1.29, 1.82) is 0 Å². The maximum Gasteiger partial charge on any atom is 0.416 e. The minimum Gasteiger partial charge on any atom is -0.166 e. The molecule has 8 rings (SSSR count). The molecule has 8 aromatic carbocycles. The van der Waals surface area contributed by atoms with Gasteiger partial charge in [0.15, 0.2) is 0 Å². The molecule has 0 aliphatic rings. The van der Waals surface area contributed by atoms with Gasteiger partial charge in [-0.3, -0.25) is 0 Å². The average molecular weight is 643 g/mol. The first kappa shape index (κ1) is 29.8. The lowest BCUT2D eigenvalue weighted by molar-refractivity contribution is -0.138. The second-order valence-corrected chi connectivity index (χ2v) is 11.9. The van der Waals surface area contributed by atoms with E-state index in [0.29, 0.717) is 16.7 Å². The first-order chi connectivity index (χ1) is 23.1. The summed E-state index contributed by atoms with van der Waals surface area (Å²) in [6, 6.07) is 42.4. The van der Waals surface area contributed by atoms with E-state index in [1.807, 2.05) is 66.7 Å². The van der Waals surface area contributed by atoms with Crippen LogP contribution < -0.4 is 0 Å². The van der Waals surface area contributed by atoms with Crippen molar-refractivity contribution in [2.75, 3.05) is 0 Å². The molecule has 0 spiro atoms. The Morgan fingerprint density at radius 3 is 1.38 bits per heavy atom. The maximum atomic E-state index is 13.6. The van der Waals surface area contributed by atoms with Crippen LogP contribution in [0.3, 0.4) is 0 Å². The van der Waals surface area contributed by atoms with Gasteiger partial charge in [-0.15, -0.1) is 0 Å². The second-order valence-electron chi connectivity index (χ2n) is 11.9. The van der Waals surface area contributed by atoms with E-state index in [0.717, 1.165) is 84.0 Å². The molecule has 0 saturated heterocycles. The largest absolute Gasteiger partial charge is 0.416 e.